The number of aromatic nitrogens is 4. The minimum absolute atomic E-state index is 0.0712. The van der Waals surface area contributed by atoms with Gasteiger partial charge in [0.25, 0.3) is 5.91 Å². The minimum Gasteiger partial charge on any atom is -0.305 e. The highest BCUT2D eigenvalue weighted by Crippen LogP contribution is 2.30. The molecule has 1 N–H and O–H groups in total. The standard InChI is InChI=1S/C24H20F3N5O2/c1-14-7-9-18(10-8-14)32-21(11-15(2)29-32)28-23(34)22-20(33)12-16(3)31(30-22)19-6-4-5-17(13-19)24(25,26)27/h4-13H,1-3H3,(H,28,34). The third-order valence-corrected chi connectivity index (χ3v) is 5.09. The van der Waals surface area contributed by atoms with E-state index in [9.17, 15) is 22.8 Å². The van der Waals surface area contributed by atoms with Crippen molar-refractivity contribution in [3.05, 3.63) is 99.1 Å². The molecule has 0 aliphatic rings. The maximum absolute atomic E-state index is 13.1. The average Bonchev–Trinajstić information content (AvgIpc) is 3.13. The van der Waals surface area contributed by atoms with Crippen LogP contribution in [-0.4, -0.2) is 25.5 Å². The monoisotopic (exact) mass is 467 g/mol. The number of nitrogens with one attached hydrogen (secondary N) is 1. The second-order valence-electron chi connectivity index (χ2n) is 7.83. The number of hydrogen-bond donors (Lipinski definition) is 1. The summed E-state index contributed by atoms with van der Waals surface area (Å²) in [5, 5.41) is 11.1. The van der Waals surface area contributed by atoms with Gasteiger partial charge in [0.2, 0.25) is 5.43 Å². The van der Waals surface area contributed by atoms with E-state index in [4.69, 9.17) is 0 Å². The molecule has 4 rings (SSSR count). The largest absolute Gasteiger partial charge is 0.416 e. The van der Waals surface area contributed by atoms with Gasteiger partial charge >= 0.3 is 6.18 Å². The molecular formula is C24H20F3N5O2. The Morgan fingerprint density at radius 3 is 2.26 bits per heavy atom. The summed E-state index contributed by atoms with van der Waals surface area (Å²) in [5.41, 5.74) is 0.754. The van der Waals surface area contributed by atoms with Crippen LogP contribution in [0.1, 0.15) is 33.0 Å². The Kier molecular flexibility index (Phi) is 5.82. The number of hydrogen-bond acceptors (Lipinski definition) is 4. The highest BCUT2D eigenvalue weighted by atomic mass is 19.4. The summed E-state index contributed by atoms with van der Waals surface area (Å²) >= 11 is 0. The number of anilines is 1. The maximum Gasteiger partial charge on any atom is 0.416 e. The fourth-order valence-corrected chi connectivity index (χ4v) is 3.43. The molecule has 0 saturated heterocycles. The molecular weight excluding hydrogens is 447 g/mol. The van der Waals surface area contributed by atoms with E-state index in [1.807, 2.05) is 31.2 Å². The Balaban J connectivity index is 1.71. The van der Waals surface area contributed by atoms with Crippen molar-refractivity contribution in [3.8, 4) is 11.4 Å². The van der Waals surface area contributed by atoms with E-state index in [-0.39, 0.29) is 11.4 Å². The highest BCUT2D eigenvalue weighted by molar-refractivity contribution is 6.02. The second-order valence-corrected chi connectivity index (χ2v) is 7.83. The van der Waals surface area contributed by atoms with Gasteiger partial charge in [-0.05, 0) is 51.1 Å². The number of halogens is 3. The number of carbonyl (C=O) groups is 1. The van der Waals surface area contributed by atoms with Crippen molar-refractivity contribution >= 4 is 11.7 Å². The average molecular weight is 467 g/mol. The van der Waals surface area contributed by atoms with Crippen molar-refractivity contribution in [2.45, 2.75) is 26.9 Å². The van der Waals surface area contributed by atoms with Gasteiger partial charge in [-0.15, -0.1) is 0 Å². The molecule has 0 atom stereocenters. The zero-order valence-electron chi connectivity index (χ0n) is 18.5. The number of alkyl halides is 3. The van der Waals surface area contributed by atoms with E-state index in [0.717, 1.165) is 28.4 Å². The Hall–Kier alpha value is -4.21. The molecule has 0 unspecified atom stereocenters. The Labute approximate surface area is 192 Å². The van der Waals surface area contributed by atoms with Crippen LogP contribution in [0.2, 0.25) is 0 Å². The van der Waals surface area contributed by atoms with Crippen LogP contribution in [0.15, 0.2) is 65.5 Å². The Bertz CT molecular complexity index is 1440. The summed E-state index contributed by atoms with van der Waals surface area (Å²) in [4.78, 5) is 25.5. The van der Waals surface area contributed by atoms with Crippen molar-refractivity contribution in [1.82, 2.24) is 19.6 Å². The quantitative estimate of drug-likeness (QED) is 0.475. The maximum atomic E-state index is 13.1. The van der Waals surface area contributed by atoms with Gasteiger partial charge in [0.15, 0.2) is 5.69 Å². The van der Waals surface area contributed by atoms with Gasteiger partial charge in [0.05, 0.1) is 22.6 Å². The van der Waals surface area contributed by atoms with E-state index < -0.39 is 28.8 Å². The van der Waals surface area contributed by atoms with Crippen LogP contribution in [0.25, 0.3) is 11.4 Å². The van der Waals surface area contributed by atoms with Crippen molar-refractivity contribution in [2.24, 2.45) is 0 Å². The first-order chi connectivity index (χ1) is 16.0. The van der Waals surface area contributed by atoms with E-state index in [2.05, 4.69) is 15.5 Å². The number of amides is 1. The number of nitrogens with zero attached hydrogens (tertiary/aromatic N) is 4. The molecule has 0 radical (unpaired) electrons. The first-order valence-corrected chi connectivity index (χ1v) is 10.3. The minimum atomic E-state index is -4.55. The van der Waals surface area contributed by atoms with Crippen LogP contribution in [-0.2, 0) is 6.18 Å². The molecule has 2 aromatic carbocycles. The summed E-state index contributed by atoms with van der Waals surface area (Å²) in [6.07, 6.45) is -4.55. The molecule has 2 aromatic heterocycles. The molecule has 0 aliphatic heterocycles. The van der Waals surface area contributed by atoms with Gasteiger partial charge in [0.1, 0.15) is 5.82 Å². The molecule has 7 nitrogen and oxygen atoms in total. The summed E-state index contributed by atoms with van der Waals surface area (Å²) < 4.78 is 42.1. The van der Waals surface area contributed by atoms with E-state index in [1.54, 1.807) is 13.0 Å². The molecule has 0 spiro atoms. The van der Waals surface area contributed by atoms with Crippen molar-refractivity contribution in [3.63, 3.8) is 0 Å². The van der Waals surface area contributed by atoms with E-state index in [1.165, 1.54) is 23.7 Å². The molecule has 0 fully saturated rings. The van der Waals surface area contributed by atoms with Crippen molar-refractivity contribution in [1.29, 1.82) is 0 Å². The first-order valence-electron chi connectivity index (χ1n) is 10.3. The molecule has 174 valence electrons. The third kappa shape index (κ3) is 4.61. The van der Waals surface area contributed by atoms with Crippen LogP contribution in [0.5, 0.6) is 0 Å². The lowest BCUT2D eigenvalue weighted by atomic mass is 10.2. The lowest BCUT2D eigenvalue weighted by Gasteiger charge is -2.14. The first kappa shape index (κ1) is 23.0. The Morgan fingerprint density at radius 2 is 1.59 bits per heavy atom. The zero-order valence-corrected chi connectivity index (χ0v) is 18.5. The molecule has 4 aromatic rings. The van der Waals surface area contributed by atoms with Gasteiger partial charge < -0.3 is 5.32 Å². The normalized spacial score (nSPS) is 11.5. The lowest BCUT2D eigenvalue weighted by Crippen LogP contribution is -2.27. The fourth-order valence-electron chi connectivity index (χ4n) is 3.43. The molecule has 0 aliphatic carbocycles. The third-order valence-electron chi connectivity index (χ3n) is 5.09. The summed E-state index contributed by atoms with van der Waals surface area (Å²) in [7, 11) is 0. The predicted octanol–water partition coefficient (Wildman–Crippen LogP) is 4.61. The summed E-state index contributed by atoms with van der Waals surface area (Å²) in [5.74, 6) is -0.488. The van der Waals surface area contributed by atoms with Crippen LogP contribution >= 0.6 is 0 Å². The molecule has 1 amide bonds. The molecule has 10 heteroatoms. The van der Waals surface area contributed by atoms with Crippen molar-refractivity contribution in [2.75, 3.05) is 5.32 Å². The number of carbonyl (C=O) groups excluding carboxylic acids is 1. The van der Waals surface area contributed by atoms with Gasteiger partial charge in [0, 0.05) is 17.8 Å². The number of benzene rings is 2. The zero-order chi connectivity index (χ0) is 24.6. The summed E-state index contributed by atoms with van der Waals surface area (Å²) in [6.45, 7) is 5.22. The fraction of sp³-hybridized carbons (Fsp3) is 0.167. The number of aryl methyl sites for hydroxylation is 3. The molecule has 0 bridgehead atoms. The molecule has 2 heterocycles. The second kappa shape index (κ2) is 8.62. The number of rotatable bonds is 4. The van der Waals surface area contributed by atoms with Crippen LogP contribution in [0, 0.1) is 20.8 Å². The van der Waals surface area contributed by atoms with Gasteiger partial charge in [-0.25, -0.2) is 9.36 Å². The molecule has 0 saturated carbocycles. The topological polar surface area (TPSA) is 81.8 Å². The van der Waals surface area contributed by atoms with Gasteiger partial charge in [-0.3, -0.25) is 9.59 Å². The van der Waals surface area contributed by atoms with Gasteiger partial charge in [-0.1, -0.05) is 23.8 Å². The summed E-state index contributed by atoms with van der Waals surface area (Å²) in [6, 6.07) is 14.7. The molecule has 34 heavy (non-hydrogen) atoms. The SMILES string of the molecule is Cc1ccc(-n2nc(C)cc2NC(=O)c2nn(-c3cccc(C(F)(F)F)c3)c(C)cc2=O)cc1. The smallest absolute Gasteiger partial charge is 0.305 e. The van der Waals surface area contributed by atoms with Crippen molar-refractivity contribution < 1.29 is 18.0 Å². The van der Waals surface area contributed by atoms with E-state index in [0.29, 0.717) is 17.2 Å². The highest BCUT2D eigenvalue weighted by Gasteiger charge is 2.30. The predicted molar refractivity (Wildman–Crippen MR) is 121 cm³/mol. The van der Waals surface area contributed by atoms with Gasteiger partial charge in [-0.2, -0.15) is 23.4 Å². The van der Waals surface area contributed by atoms with Crippen LogP contribution < -0.4 is 10.7 Å². The van der Waals surface area contributed by atoms with Crippen LogP contribution in [0.3, 0.4) is 0 Å². The lowest BCUT2D eigenvalue weighted by molar-refractivity contribution is -0.137. The van der Waals surface area contributed by atoms with Crippen LogP contribution in [0.4, 0.5) is 19.0 Å². The Morgan fingerprint density at radius 1 is 0.882 bits per heavy atom. The van der Waals surface area contributed by atoms with E-state index >= 15 is 0 Å².